The van der Waals surface area contributed by atoms with Crippen molar-refractivity contribution in [3.05, 3.63) is 47.7 Å². The molecule has 2 aliphatic rings. The average Bonchev–Trinajstić information content (AvgIpc) is 2.79. The van der Waals surface area contributed by atoms with Gasteiger partial charge in [-0.3, -0.25) is 4.98 Å². The van der Waals surface area contributed by atoms with E-state index in [0.717, 1.165) is 53.9 Å². The third-order valence-electron chi connectivity index (χ3n) is 6.18. The molecule has 30 heavy (non-hydrogen) atoms. The summed E-state index contributed by atoms with van der Waals surface area (Å²) in [4.78, 5) is 18.5. The monoisotopic (exact) mass is 422 g/mol. The minimum Gasteiger partial charge on any atom is -0.367 e. The van der Waals surface area contributed by atoms with Crippen molar-refractivity contribution in [1.29, 1.82) is 0 Å². The molecule has 1 aromatic carbocycles. The van der Waals surface area contributed by atoms with E-state index < -0.39 is 0 Å². The molecule has 0 radical (unpaired) electrons. The number of nitrogens with one attached hydrogen (secondary N) is 1. The molecular formula is C23H27ClN6. The van der Waals surface area contributed by atoms with Gasteiger partial charge < -0.3 is 15.1 Å². The Morgan fingerprint density at radius 1 is 0.867 bits per heavy atom. The molecule has 3 aromatic rings. The molecule has 0 spiro atoms. The van der Waals surface area contributed by atoms with Crippen molar-refractivity contribution in [3.63, 3.8) is 0 Å². The minimum absolute atomic E-state index is 0.548. The van der Waals surface area contributed by atoms with E-state index in [1.165, 1.54) is 37.8 Å². The predicted molar refractivity (Wildman–Crippen MR) is 124 cm³/mol. The van der Waals surface area contributed by atoms with E-state index in [1.54, 1.807) is 0 Å². The van der Waals surface area contributed by atoms with E-state index >= 15 is 0 Å². The molecule has 156 valence electrons. The lowest BCUT2D eigenvalue weighted by Crippen LogP contribution is -2.47. The van der Waals surface area contributed by atoms with Gasteiger partial charge in [-0.1, -0.05) is 30.9 Å². The third-order valence-corrected chi connectivity index (χ3v) is 6.42. The van der Waals surface area contributed by atoms with Crippen LogP contribution in [-0.2, 0) is 0 Å². The fourth-order valence-corrected chi connectivity index (χ4v) is 4.73. The smallest absolute Gasteiger partial charge is 0.227 e. The Hall–Kier alpha value is -2.60. The normalized spacial score (nSPS) is 18.0. The number of nitrogens with zero attached hydrogens (tertiary/aromatic N) is 5. The summed E-state index contributed by atoms with van der Waals surface area (Å²) in [6.45, 7) is 3.63. The standard InChI is InChI=1S/C23H27ClN6/c24-17-6-7-19-20(16-17)25-10-8-21(19)29-12-14-30(15-13-29)23-26-11-9-22(28-23)27-18-4-2-1-3-5-18/h6-11,16,18H,1-5,12-15H2,(H,26,27,28). The van der Waals surface area contributed by atoms with Crippen LogP contribution in [0.25, 0.3) is 10.9 Å². The SMILES string of the molecule is Clc1ccc2c(N3CCN(c4nccc(NC5CCCCC5)n4)CC3)ccnc2c1. The molecule has 5 rings (SSSR count). The van der Waals surface area contributed by atoms with Gasteiger partial charge in [-0.15, -0.1) is 0 Å². The second-order valence-electron chi connectivity index (χ2n) is 8.19. The van der Waals surface area contributed by atoms with Gasteiger partial charge in [0.25, 0.3) is 0 Å². The number of benzene rings is 1. The lowest BCUT2D eigenvalue weighted by atomic mass is 9.95. The van der Waals surface area contributed by atoms with Gasteiger partial charge in [0.1, 0.15) is 5.82 Å². The van der Waals surface area contributed by atoms with Crippen molar-refractivity contribution in [2.24, 2.45) is 0 Å². The number of piperazine rings is 1. The summed E-state index contributed by atoms with van der Waals surface area (Å²) in [7, 11) is 0. The van der Waals surface area contributed by atoms with Crippen LogP contribution in [0.4, 0.5) is 17.5 Å². The molecule has 2 aromatic heterocycles. The summed E-state index contributed by atoms with van der Waals surface area (Å²) in [5.74, 6) is 1.77. The highest BCUT2D eigenvalue weighted by molar-refractivity contribution is 6.31. The summed E-state index contributed by atoms with van der Waals surface area (Å²) < 4.78 is 0. The van der Waals surface area contributed by atoms with E-state index in [1.807, 2.05) is 30.6 Å². The van der Waals surface area contributed by atoms with Crippen LogP contribution >= 0.6 is 11.6 Å². The lowest BCUT2D eigenvalue weighted by Gasteiger charge is -2.36. The first-order chi connectivity index (χ1) is 14.8. The van der Waals surface area contributed by atoms with Gasteiger partial charge in [0.15, 0.2) is 0 Å². The van der Waals surface area contributed by atoms with Crippen LogP contribution in [0.15, 0.2) is 42.7 Å². The molecule has 1 saturated carbocycles. The zero-order chi connectivity index (χ0) is 20.3. The molecule has 0 unspecified atom stereocenters. The molecule has 6 nitrogen and oxygen atoms in total. The number of pyridine rings is 1. The quantitative estimate of drug-likeness (QED) is 0.654. The molecular weight excluding hydrogens is 396 g/mol. The van der Waals surface area contributed by atoms with Crippen LogP contribution in [-0.4, -0.2) is 47.2 Å². The van der Waals surface area contributed by atoms with Crippen LogP contribution in [0.3, 0.4) is 0 Å². The Balaban J connectivity index is 1.27. The van der Waals surface area contributed by atoms with E-state index in [4.69, 9.17) is 16.6 Å². The number of aromatic nitrogens is 3. The maximum absolute atomic E-state index is 6.14. The van der Waals surface area contributed by atoms with Crippen LogP contribution in [0.1, 0.15) is 32.1 Å². The zero-order valence-electron chi connectivity index (χ0n) is 17.1. The van der Waals surface area contributed by atoms with Gasteiger partial charge in [0.05, 0.1) is 5.52 Å². The Morgan fingerprint density at radius 3 is 2.47 bits per heavy atom. The van der Waals surface area contributed by atoms with Crippen LogP contribution in [0, 0.1) is 0 Å². The molecule has 3 heterocycles. The number of hydrogen-bond donors (Lipinski definition) is 1. The van der Waals surface area contributed by atoms with E-state index in [0.29, 0.717) is 6.04 Å². The van der Waals surface area contributed by atoms with Gasteiger partial charge in [-0.25, -0.2) is 4.98 Å². The summed E-state index contributed by atoms with van der Waals surface area (Å²) in [5, 5.41) is 5.48. The second-order valence-corrected chi connectivity index (χ2v) is 8.62. The van der Waals surface area contributed by atoms with E-state index in [2.05, 4.69) is 37.2 Å². The van der Waals surface area contributed by atoms with Crippen LogP contribution in [0.5, 0.6) is 0 Å². The predicted octanol–water partition coefficient (Wildman–Crippen LogP) is 4.75. The van der Waals surface area contributed by atoms with Crippen molar-refractivity contribution in [2.75, 3.05) is 41.3 Å². The highest BCUT2D eigenvalue weighted by Gasteiger charge is 2.21. The van der Waals surface area contributed by atoms with E-state index in [-0.39, 0.29) is 0 Å². The zero-order valence-corrected chi connectivity index (χ0v) is 17.9. The first kappa shape index (κ1) is 19.4. The van der Waals surface area contributed by atoms with Gasteiger partial charge >= 0.3 is 0 Å². The molecule has 1 saturated heterocycles. The Kier molecular flexibility index (Phi) is 5.58. The second kappa shape index (κ2) is 8.64. The largest absolute Gasteiger partial charge is 0.367 e. The van der Waals surface area contributed by atoms with Gasteiger partial charge in [0, 0.05) is 60.7 Å². The molecule has 0 amide bonds. The van der Waals surface area contributed by atoms with Crippen LogP contribution in [0.2, 0.25) is 5.02 Å². The topological polar surface area (TPSA) is 57.2 Å². The van der Waals surface area contributed by atoms with Crippen molar-refractivity contribution < 1.29 is 0 Å². The maximum Gasteiger partial charge on any atom is 0.227 e. The molecule has 0 bridgehead atoms. The summed E-state index contributed by atoms with van der Waals surface area (Å²) in [6, 6.07) is 10.6. The summed E-state index contributed by atoms with van der Waals surface area (Å²) >= 11 is 6.14. The number of hydrogen-bond acceptors (Lipinski definition) is 6. The first-order valence-corrected chi connectivity index (χ1v) is 11.3. The minimum atomic E-state index is 0.548. The Labute approximate surface area is 182 Å². The number of fused-ring (bicyclic) bond motifs is 1. The molecule has 1 aliphatic carbocycles. The van der Waals surface area contributed by atoms with Crippen molar-refractivity contribution in [3.8, 4) is 0 Å². The summed E-state index contributed by atoms with van der Waals surface area (Å²) in [6.07, 6.45) is 10.2. The fraction of sp³-hybridized carbons (Fsp3) is 0.435. The molecule has 1 N–H and O–H groups in total. The Morgan fingerprint density at radius 2 is 1.63 bits per heavy atom. The highest BCUT2D eigenvalue weighted by Crippen LogP contribution is 2.29. The Bertz CT molecular complexity index is 1010. The number of halogens is 1. The van der Waals surface area contributed by atoms with Crippen LogP contribution < -0.4 is 15.1 Å². The average molecular weight is 423 g/mol. The van der Waals surface area contributed by atoms with E-state index in [9.17, 15) is 0 Å². The van der Waals surface area contributed by atoms with Gasteiger partial charge in [-0.05, 0) is 43.2 Å². The van der Waals surface area contributed by atoms with Crippen molar-refractivity contribution >= 4 is 40.0 Å². The van der Waals surface area contributed by atoms with Crippen molar-refractivity contribution in [2.45, 2.75) is 38.1 Å². The number of rotatable bonds is 4. The van der Waals surface area contributed by atoms with Gasteiger partial charge in [-0.2, -0.15) is 4.98 Å². The summed E-state index contributed by atoms with van der Waals surface area (Å²) in [5.41, 5.74) is 2.15. The fourth-order valence-electron chi connectivity index (χ4n) is 4.57. The molecule has 2 fully saturated rings. The highest BCUT2D eigenvalue weighted by atomic mass is 35.5. The maximum atomic E-state index is 6.14. The van der Waals surface area contributed by atoms with Gasteiger partial charge in [0.2, 0.25) is 5.95 Å². The lowest BCUT2D eigenvalue weighted by molar-refractivity contribution is 0.462. The number of anilines is 3. The molecule has 7 heteroatoms. The first-order valence-electron chi connectivity index (χ1n) is 10.9. The molecule has 0 atom stereocenters. The van der Waals surface area contributed by atoms with Crippen molar-refractivity contribution in [1.82, 2.24) is 15.0 Å². The third kappa shape index (κ3) is 4.15. The molecule has 1 aliphatic heterocycles.